The number of aromatic nitrogens is 3. The summed E-state index contributed by atoms with van der Waals surface area (Å²) in [4.78, 5) is 25.9. The zero-order valence-corrected chi connectivity index (χ0v) is 25.9. The third-order valence-corrected chi connectivity index (χ3v) is 12.4. The van der Waals surface area contributed by atoms with Gasteiger partial charge in [0.1, 0.15) is 23.6 Å². The molecule has 0 saturated carbocycles. The Morgan fingerprint density at radius 2 is 2.02 bits per heavy atom. The molecule has 0 spiro atoms. The van der Waals surface area contributed by atoms with Crippen molar-refractivity contribution in [2.45, 2.75) is 51.2 Å². The summed E-state index contributed by atoms with van der Waals surface area (Å²) in [7, 11) is 0.752. The van der Waals surface area contributed by atoms with Crippen LogP contribution < -0.4 is 14.9 Å². The van der Waals surface area contributed by atoms with Gasteiger partial charge in [-0.25, -0.2) is 19.3 Å². The molecule has 0 fully saturated rings. The maximum absolute atomic E-state index is 15.2. The number of carbonyl (C=O) groups excluding carboxylic acids is 1. The quantitative estimate of drug-likeness (QED) is 0.241. The number of carbonyl (C=O) groups is 1. The van der Waals surface area contributed by atoms with Crippen molar-refractivity contribution in [3.05, 3.63) is 52.6 Å². The van der Waals surface area contributed by atoms with E-state index >= 15 is 4.39 Å². The van der Waals surface area contributed by atoms with E-state index < -0.39 is 19.5 Å². The number of pyridine rings is 1. The van der Waals surface area contributed by atoms with E-state index in [4.69, 9.17) is 20.8 Å². The molecule has 1 unspecified atom stereocenters. The van der Waals surface area contributed by atoms with Crippen molar-refractivity contribution in [3.8, 4) is 23.2 Å². The van der Waals surface area contributed by atoms with Gasteiger partial charge in [0.15, 0.2) is 14.1 Å². The summed E-state index contributed by atoms with van der Waals surface area (Å²) in [5.74, 6) is -0.316. The Kier molecular flexibility index (Phi) is 8.45. The van der Waals surface area contributed by atoms with E-state index in [0.717, 1.165) is 11.8 Å². The molecule has 13 heteroatoms. The zero-order chi connectivity index (χ0) is 30.2. The smallest absolute Gasteiger partial charge is 0.329 e. The first-order chi connectivity index (χ1) is 19.2. The van der Waals surface area contributed by atoms with E-state index in [1.165, 1.54) is 20.7 Å². The van der Waals surface area contributed by atoms with E-state index in [2.05, 4.69) is 60.2 Å². The van der Waals surface area contributed by atoms with Gasteiger partial charge in [0.25, 0.3) is 0 Å². The Bertz CT molecular complexity index is 1530. The number of rotatable bonds is 9. The molecule has 1 atom stereocenters. The molecule has 0 bridgehead atoms. The van der Waals surface area contributed by atoms with Crippen LogP contribution in [0.1, 0.15) is 38.8 Å². The highest BCUT2D eigenvalue weighted by atomic mass is 35.5. The molecule has 1 aromatic carbocycles. The first-order valence-electron chi connectivity index (χ1n) is 13.0. The van der Waals surface area contributed by atoms with Crippen LogP contribution in [0, 0.1) is 17.1 Å². The van der Waals surface area contributed by atoms with Gasteiger partial charge in [-0.3, -0.25) is 0 Å². The number of hydrogen-bond acceptors (Lipinski definition) is 9. The zero-order valence-electron chi connectivity index (χ0n) is 24.2. The van der Waals surface area contributed by atoms with Gasteiger partial charge in [0.2, 0.25) is 11.8 Å². The van der Waals surface area contributed by atoms with E-state index in [9.17, 15) is 10.1 Å². The normalized spacial score (nSPS) is 16.6. The number of nitrogens with one attached hydrogen (secondary N) is 1. The second kappa shape index (κ2) is 11.4. The summed E-state index contributed by atoms with van der Waals surface area (Å²) in [6.45, 7) is 13.7. The van der Waals surface area contributed by atoms with Crippen LogP contribution in [0.5, 0.6) is 5.88 Å². The van der Waals surface area contributed by atoms with Gasteiger partial charge in [0.05, 0.1) is 23.9 Å². The van der Waals surface area contributed by atoms with Gasteiger partial charge < -0.3 is 24.1 Å². The minimum Gasteiger partial charge on any atom is -0.480 e. The van der Waals surface area contributed by atoms with Gasteiger partial charge in [-0.15, -0.1) is 0 Å². The van der Waals surface area contributed by atoms with Crippen molar-refractivity contribution >= 4 is 50.8 Å². The Balaban J connectivity index is 1.80. The number of ether oxygens (including phenoxy) is 1. The number of anilines is 3. The lowest BCUT2D eigenvalue weighted by atomic mass is 9.83. The van der Waals surface area contributed by atoms with Crippen LogP contribution in [0.3, 0.4) is 0 Å². The fourth-order valence-corrected chi connectivity index (χ4v) is 5.75. The molecule has 0 amide bonds. The summed E-state index contributed by atoms with van der Waals surface area (Å²) in [6.07, 6.45) is 3.19. The molecule has 213 valence electrons. The molecular weight excluding hydrogens is 562 g/mol. The second-order valence-corrected chi connectivity index (χ2v) is 17.0. The van der Waals surface area contributed by atoms with Gasteiger partial charge in [-0.2, -0.15) is 5.26 Å². The second-order valence-electron chi connectivity index (χ2n) is 11.8. The van der Waals surface area contributed by atoms with Crippen LogP contribution in [0.25, 0.3) is 11.3 Å². The molecule has 3 aromatic rings. The van der Waals surface area contributed by atoms with E-state index in [0.29, 0.717) is 46.9 Å². The number of benzene rings is 1. The maximum atomic E-state index is 15.2. The molecule has 0 aliphatic carbocycles. The largest absolute Gasteiger partial charge is 0.480 e. The number of methoxy groups -OCH3 is 1. The molecule has 3 heterocycles. The number of halogens is 2. The Labute approximate surface area is 246 Å². The van der Waals surface area contributed by atoms with Crippen molar-refractivity contribution in [1.82, 2.24) is 15.0 Å². The molecule has 1 radical (unpaired) electrons. The van der Waals surface area contributed by atoms with Crippen LogP contribution in [-0.4, -0.2) is 57.1 Å². The maximum Gasteiger partial charge on any atom is 0.329 e. The Morgan fingerprint density at radius 3 is 2.66 bits per heavy atom. The molecule has 1 aliphatic heterocycles. The lowest BCUT2D eigenvalue weighted by Gasteiger charge is -2.39. The predicted octanol–water partition coefficient (Wildman–Crippen LogP) is 5.86. The fourth-order valence-electron chi connectivity index (χ4n) is 4.48. The van der Waals surface area contributed by atoms with Crippen LogP contribution in [-0.2, 0) is 14.6 Å². The number of hydrogen-bond donors (Lipinski definition) is 1. The van der Waals surface area contributed by atoms with E-state index in [-0.39, 0.29) is 22.6 Å². The van der Waals surface area contributed by atoms with Gasteiger partial charge in [0, 0.05) is 36.0 Å². The summed E-state index contributed by atoms with van der Waals surface area (Å²) >= 11 is 6.09. The highest BCUT2D eigenvalue weighted by Crippen LogP contribution is 2.46. The summed E-state index contributed by atoms with van der Waals surface area (Å²) in [6, 6.07) is 7.21. The van der Waals surface area contributed by atoms with Crippen LogP contribution in [0.15, 0.2) is 30.6 Å². The third-order valence-electron chi connectivity index (χ3n) is 7.76. The summed E-state index contributed by atoms with van der Waals surface area (Å²) in [5.41, 5.74) is 1.88. The van der Waals surface area contributed by atoms with E-state index in [1.54, 1.807) is 16.9 Å². The van der Waals surface area contributed by atoms with Crippen molar-refractivity contribution in [2.75, 3.05) is 30.4 Å². The van der Waals surface area contributed by atoms with Gasteiger partial charge >= 0.3 is 7.41 Å². The van der Waals surface area contributed by atoms with Crippen molar-refractivity contribution in [1.29, 1.82) is 5.26 Å². The van der Waals surface area contributed by atoms with Crippen molar-refractivity contribution in [2.24, 2.45) is 0 Å². The first kappa shape index (κ1) is 30.4. The first-order valence-corrected chi connectivity index (χ1v) is 16.3. The van der Waals surface area contributed by atoms with Crippen LogP contribution in [0.4, 0.5) is 21.7 Å². The topological polar surface area (TPSA) is 113 Å². The molecule has 4 rings (SSSR count). The van der Waals surface area contributed by atoms with Gasteiger partial charge in [-0.1, -0.05) is 39.3 Å². The Morgan fingerprint density at radius 1 is 1.29 bits per heavy atom. The van der Waals surface area contributed by atoms with Crippen LogP contribution >= 0.6 is 11.6 Å². The number of fused-ring (bicyclic) bond motifs is 1. The fraction of sp³-hybridized carbons (Fsp3) is 0.393. The highest BCUT2D eigenvalue weighted by molar-refractivity contribution is 6.74. The molecule has 1 aliphatic rings. The summed E-state index contributed by atoms with van der Waals surface area (Å²) < 4.78 is 27.1. The molecule has 41 heavy (non-hydrogen) atoms. The molecule has 1 N–H and O–H groups in total. The Hall–Kier alpha value is -3.53. The predicted molar refractivity (Wildman–Crippen MR) is 162 cm³/mol. The molecule has 2 aromatic heterocycles. The molecule has 9 nitrogen and oxygen atoms in total. The van der Waals surface area contributed by atoms with Crippen LogP contribution in [0.2, 0.25) is 23.2 Å². The lowest BCUT2D eigenvalue weighted by molar-refractivity contribution is 0.219. The third kappa shape index (κ3) is 6.07. The molecule has 0 saturated heterocycles. The number of nitrogens with zero attached hydrogens (tertiary/aromatic N) is 5. The average Bonchev–Trinajstić information content (AvgIpc) is 3.19. The number of nitriles is 1. The average molecular weight is 594 g/mol. The standard InChI is InChI=1S/C28H32BClFN6O3Si/c1-27(2,3)41(6,7)40-15-28(4)14-37(29-16-38)24-18(11-32)8-17(9-20(24)28)23-21(31)13-34-26(36-23)35-22-10-19(30)12-33-25(22)39-5/h8-10,12-13,16H,14-15H2,1-7H3,(H,34,35,36). The molecular formula is C28H32BClFN6O3Si. The van der Waals surface area contributed by atoms with Crippen molar-refractivity contribution in [3.63, 3.8) is 0 Å². The van der Waals surface area contributed by atoms with Crippen molar-refractivity contribution < 1.29 is 18.3 Å². The summed E-state index contributed by atoms with van der Waals surface area (Å²) in [5, 5.41) is 13.5. The lowest BCUT2D eigenvalue weighted by Crippen LogP contribution is -2.46. The SMILES string of the molecule is COc1ncc(Cl)cc1Nc1ncc(F)c(-c2cc(C#N)c3c(c2)C(C)(CO[Si](C)(C)C(C)(C)C)CN3[B]C=O)n1. The minimum atomic E-state index is -2.12. The monoisotopic (exact) mass is 593 g/mol. The van der Waals surface area contributed by atoms with E-state index in [1.807, 2.05) is 13.0 Å². The van der Waals surface area contributed by atoms with Gasteiger partial charge in [-0.05, 0) is 41.9 Å². The minimum absolute atomic E-state index is 0.00114. The highest BCUT2D eigenvalue weighted by Gasteiger charge is 2.44.